The van der Waals surface area contributed by atoms with Crippen LogP contribution < -0.4 is 0 Å². The highest BCUT2D eigenvalue weighted by atomic mass is 19.1. The van der Waals surface area contributed by atoms with E-state index < -0.39 is 17.4 Å². The number of fused-ring (bicyclic) bond motifs is 1. The largest absolute Gasteiger partial charge is 0.465 e. The molecule has 0 spiro atoms. The van der Waals surface area contributed by atoms with Gasteiger partial charge in [-0.2, -0.15) is 10.1 Å². The zero-order chi connectivity index (χ0) is 17.5. The molecule has 2 aromatic heterocycles. The van der Waals surface area contributed by atoms with Crippen LogP contribution in [0.3, 0.4) is 0 Å². The number of H-pyrrole nitrogens is 1. The van der Waals surface area contributed by atoms with Crippen molar-refractivity contribution in [1.29, 1.82) is 0 Å². The third-order valence-corrected chi connectivity index (χ3v) is 3.54. The minimum atomic E-state index is -1.08. The lowest BCUT2D eigenvalue weighted by Crippen LogP contribution is -2.44. The van der Waals surface area contributed by atoms with Gasteiger partial charge in [0.1, 0.15) is 5.82 Å². The summed E-state index contributed by atoms with van der Waals surface area (Å²) in [6, 6.07) is 4.19. The summed E-state index contributed by atoms with van der Waals surface area (Å²) in [7, 11) is 0. The molecule has 1 amide bonds. The normalized spacial score (nSPS) is 11.8. The Morgan fingerprint density at radius 2 is 2.17 bits per heavy atom. The summed E-state index contributed by atoms with van der Waals surface area (Å²) >= 11 is 0. The van der Waals surface area contributed by atoms with Gasteiger partial charge < -0.3 is 9.63 Å². The average molecular weight is 333 g/mol. The standard InChI is InChI=1S/C15H16FN5O3/c1-15(2,3)21(14(22)23)7-11-17-13(24-20-11)12-9-6-8(16)4-5-10(9)18-19-12/h4-6H,7H2,1-3H3,(H,18,19)(H,22,23). The van der Waals surface area contributed by atoms with Gasteiger partial charge in [-0.15, -0.1) is 0 Å². The molecular weight excluding hydrogens is 317 g/mol. The van der Waals surface area contributed by atoms with Crippen LogP contribution in [-0.2, 0) is 6.54 Å². The number of nitrogens with zero attached hydrogens (tertiary/aromatic N) is 4. The van der Waals surface area contributed by atoms with Crippen molar-refractivity contribution < 1.29 is 18.8 Å². The zero-order valence-electron chi connectivity index (χ0n) is 13.4. The van der Waals surface area contributed by atoms with Crippen molar-refractivity contribution in [2.24, 2.45) is 0 Å². The summed E-state index contributed by atoms with van der Waals surface area (Å²) < 4.78 is 18.6. The van der Waals surface area contributed by atoms with Gasteiger partial charge in [-0.3, -0.25) is 10.00 Å². The fourth-order valence-electron chi connectivity index (χ4n) is 2.30. The number of aromatic nitrogens is 4. The lowest BCUT2D eigenvalue weighted by atomic mass is 10.1. The molecule has 9 heteroatoms. The third kappa shape index (κ3) is 2.92. The first-order valence-corrected chi connectivity index (χ1v) is 7.23. The number of carboxylic acid groups (broad SMARTS) is 1. The van der Waals surface area contributed by atoms with Gasteiger partial charge in [-0.05, 0) is 39.0 Å². The topological polar surface area (TPSA) is 108 Å². The van der Waals surface area contributed by atoms with Gasteiger partial charge in [0.25, 0.3) is 5.89 Å². The van der Waals surface area contributed by atoms with E-state index in [4.69, 9.17) is 4.52 Å². The monoisotopic (exact) mass is 333 g/mol. The van der Waals surface area contributed by atoms with Crippen LogP contribution in [-0.4, -0.2) is 42.0 Å². The number of amides is 1. The quantitative estimate of drug-likeness (QED) is 0.762. The van der Waals surface area contributed by atoms with Gasteiger partial charge in [0.05, 0.1) is 12.1 Å². The molecule has 2 N–H and O–H groups in total. The second kappa shape index (κ2) is 5.59. The molecule has 0 radical (unpaired) electrons. The molecular formula is C15H16FN5O3. The minimum absolute atomic E-state index is 0.0287. The lowest BCUT2D eigenvalue weighted by molar-refractivity contribution is 0.0932. The first-order valence-electron chi connectivity index (χ1n) is 7.23. The Kier molecular flexibility index (Phi) is 3.70. The van der Waals surface area contributed by atoms with E-state index in [0.717, 1.165) is 0 Å². The maximum Gasteiger partial charge on any atom is 0.408 e. The summed E-state index contributed by atoms with van der Waals surface area (Å²) in [5.41, 5.74) is 0.336. The van der Waals surface area contributed by atoms with Crippen LogP contribution in [0.4, 0.5) is 9.18 Å². The number of halogens is 1. The average Bonchev–Trinajstić information content (AvgIpc) is 3.08. The Hall–Kier alpha value is -2.97. The maximum absolute atomic E-state index is 13.4. The number of hydrogen-bond acceptors (Lipinski definition) is 5. The third-order valence-electron chi connectivity index (χ3n) is 3.54. The molecule has 126 valence electrons. The smallest absolute Gasteiger partial charge is 0.408 e. The summed E-state index contributed by atoms with van der Waals surface area (Å²) in [6.45, 7) is 5.28. The van der Waals surface area contributed by atoms with E-state index in [0.29, 0.717) is 16.6 Å². The van der Waals surface area contributed by atoms with Gasteiger partial charge >= 0.3 is 6.09 Å². The van der Waals surface area contributed by atoms with Crippen LogP contribution in [0.25, 0.3) is 22.5 Å². The van der Waals surface area contributed by atoms with Crippen LogP contribution in [0.15, 0.2) is 22.7 Å². The number of benzene rings is 1. The highest BCUT2D eigenvalue weighted by Crippen LogP contribution is 2.26. The number of carbonyl (C=O) groups is 1. The first kappa shape index (κ1) is 15.9. The van der Waals surface area contributed by atoms with Gasteiger partial charge in [-0.25, -0.2) is 9.18 Å². The Balaban J connectivity index is 1.92. The van der Waals surface area contributed by atoms with Crippen molar-refractivity contribution in [3.8, 4) is 11.6 Å². The maximum atomic E-state index is 13.4. The Labute approximate surface area is 136 Å². The molecule has 0 aliphatic heterocycles. The Morgan fingerprint density at radius 3 is 2.83 bits per heavy atom. The van der Waals surface area contributed by atoms with Crippen molar-refractivity contribution in [2.45, 2.75) is 32.9 Å². The summed E-state index contributed by atoms with van der Waals surface area (Å²) in [5.74, 6) is -0.106. The lowest BCUT2D eigenvalue weighted by Gasteiger charge is -2.31. The molecule has 0 saturated carbocycles. The summed E-state index contributed by atoms with van der Waals surface area (Å²) in [5, 5.41) is 20.4. The first-order chi connectivity index (χ1) is 11.3. The van der Waals surface area contributed by atoms with Crippen LogP contribution in [0.2, 0.25) is 0 Å². The van der Waals surface area contributed by atoms with Crippen LogP contribution in [0.5, 0.6) is 0 Å². The van der Waals surface area contributed by atoms with Crippen LogP contribution in [0.1, 0.15) is 26.6 Å². The second-order valence-corrected chi connectivity index (χ2v) is 6.32. The van der Waals surface area contributed by atoms with E-state index in [1.165, 1.54) is 17.0 Å². The Morgan fingerprint density at radius 1 is 1.42 bits per heavy atom. The fraction of sp³-hybridized carbons (Fsp3) is 0.333. The van der Waals surface area contributed by atoms with Crippen molar-refractivity contribution >= 4 is 17.0 Å². The number of nitrogens with one attached hydrogen (secondary N) is 1. The molecule has 0 atom stereocenters. The SMILES string of the molecule is CC(C)(C)N(Cc1noc(-c2n[nH]c3ccc(F)cc23)n1)C(=O)O. The van der Waals surface area contributed by atoms with Gasteiger partial charge in [0.15, 0.2) is 11.5 Å². The number of rotatable bonds is 3. The molecule has 0 saturated heterocycles. The molecule has 24 heavy (non-hydrogen) atoms. The van der Waals surface area contributed by atoms with Crippen molar-refractivity contribution in [2.75, 3.05) is 0 Å². The molecule has 0 unspecified atom stereocenters. The number of hydrogen-bond donors (Lipinski definition) is 2. The molecule has 0 aliphatic rings. The fourth-order valence-corrected chi connectivity index (χ4v) is 2.30. The molecule has 2 heterocycles. The van der Waals surface area contributed by atoms with E-state index in [1.807, 2.05) is 0 Å². The molecule has 8 nitrogen and oxygen atoms in total. The van der Waals surface area contributed by atoms with Gasteiger partial charge in [-0.1, -0.05) is 5.16 Å². The van der Waals surface area contributed by atoms with E-state index in [9.17, 15) is 14.3 Å². The van der Waals surface area contributed by atoms with Crippen molar-refractivity contribution in [1.82, 2.24) is 25.2 Å². The second-order valence-electron chi connectivity index (χ2n) is 6.32. The highest BCUT2D eigenvalue weighted by Gasteiger charge is 2.28. The van der Waals surface area contributed by atoms with Crippen LogP contribution >= 0.6 is 0 Å². The van der Waals surface area contributed by atoms with Gasteiger partial charge in [0, 0.05) is 10.9 Å². The molecule has 3 rings (SSSR count). The molecule has 0 bridgehead atoms. The zero-order valence-corrected chi connectivity index (χ0v) is 13.4. The summed E-state index contributed by atoms with van der Waals surface area (Å²) in [4.78, 5) is 16.8. The predicted octanol–water partition coefficient (Wildman–Crippen LogP) is 3.03. The van der Waals surface area contributed by atoms with E-state index in [2.05, 4.69) is 20.3 Å². The molecule has 1 aromatic carbocycles. The highest BCUT2D eigenvalue weighted by molar-refractivity contribution is 5.90. The van der Waals surface area contributed by atoms with Crippen LogP contribution in [0, 0.1) is 5.82 Å². The van der Waals surface area contributed by atoms with Crippen molar-refractivity contribution in [3.63, 3.8) is 0 Å². The Bertz CT molecular complexity index is 896. The predicted molar refractivity (Wildman–Crippen MR) is 82.7 cm³/mol. The van der Waals surface area contributed by atoms with E-state index in [-0.39, 0.29) is 18.3 Å². The molecule has 0 aliphatic carbocycles. The van der Waals surface area contributed by atoms with E-state index in [1.54, 1.807) is 26.8 Å². The summed E-state index contributed by atoms with van der Waals surface area (Å²) in [6.07, 6.45) is -1.08. The minimum Gasteiger partial charge on any atom is -0.465 e. The number of aromatic amines is 1. The van der Waals surface area contributed by atoms with Gasteiger partial charge in [0.2, 0.25) is 0 Å². The van der Waals surface area contributed by atoms with E-state index >= 15 is 0 Å². The molecule has 0 fully saturated rings. The van der Waals surface area contributed by atoms with Crippen molar-refractivity contribution in [3.05, 3.63) is 29.8 Å². The molecule has 3 aromatic rings.